The van der Waals surface area contributed by atoms with E-state index in [1.54, 1.807) is 0 Å². The van der Waals surface area contributed by atoms with Crippen molar-refractivity contribution in [1.29, 1.82) is 0 Å². The summed E-state index contributed by atoms with van der Waals surface area (Å²) in [5.74, 6) is 0.610. The van der Waals surface area contributed by atoms with Crippen molar-refractivity contribution in [2.24, 2.45) is 11.3 Å². The van der Waals surface area contributed by atoms with Crippen molar-refractivity contribution in [3.63, 3.8) is 0 Å². The molecule has 3 unspecified atom stereocenters. The smallest absolute Gasteiger partial charge is 0.0812 e. The highest BCUT2D eigenvalue weighted by molar-refractivity contribution is 5.29. The maximum atomic E-state index is 10.3. The van der Waals surface area contributed by atoms with Crippen LogP contribution >= 0.6 is 0 Å². The van der Waals surface area contributed by atoms with Crippen LogP contribution in [0.4, 0.5) is 0 Å². The molecule has 0 spiro atoms. The first-order valence-electron chi connectivity index (χ1n) is 7.44. The van der Waals surface area contributed by atoms with E-state index in [4.69, 9.17) is 4.74 Å². The molecule has 1 aliphatic carbocycles. The number of fused-ring (bicyclic) bond motifs is 1. The van der Waals surface area contributed by atoms with Gasteiger partial charge in [0.15, 0.2) is 0 Å². The van der Waals surface area contributed by atoms with E-state index in [-0.39, 0.29) is 11.5 Å². The van der Waals surface area contributed by atoms with Gasteiger partial charge in [0.05, 0.1) is 12.2 Å². The van der Waals surface area contributed by atoms with Gasteiger partial charge in [0.25, 0.3) is 0 Å². The number of ether oxygens (including phenoxy) is 1. The molecule has 2 heterocycles. The molecule has 3 rings (SSSR count). The Balaban J connectivity index is 1.84. The molecule has 0 bridgehead atoms. The second-order valence-corrected chi connectivity index (χ2v) is 7.06. The van der Waals surface area contributed by atoms with E-state index in [0.29, 0.717) is 12.0 Å². The van der Waals surface area contributed by atoms with Gasteiger partial charge >= 0.3 is 0 Å². The van der Waals surface area contributed by atoms with Gasteiger partial charge in [-0.1, -0.05) is 13.8 Å². The third kappa shape index (κ3) is 2.46. The Bertz CT molecular complexity index is 463. The Hall–Kier alpha value is -0.800. The van der Waals surface area contributed by atoms with E-state index in [0.717, 1.165) is 38.0 Å². The van der Waals surface area contributed by atoms with Gasteiger partial charge in [-0.3, -0.25) is 0 Å². The summed E-state index contributed by atoms with van der Waals surface area (Å²) in [5, 5.41) is 10.3. The van der Waals surface area contributed by atoms with E-state index < -0.39 is 0 Å². The Morgan fingerprint density at radius 1 is 1.47 bits per heavy atom. The lowest BCUT2D eigenvalue weighted by Gasteiger charge is -2.34. The molecule has 1 aromatic heterocycles. The number of hydrogen-bond acceptors (Lipinski definition) is 2. The van der Waals surface area contributed by atoms with Crippen LogP contribution in [0, 0.1) is 11.3 Å². The number of aliphatic hydroxyl groups excluding tert-OH is 1. The molecule has 3 nitrogen and oxygen atoms in total. The van der Waals surface area contributed by atoms with Crippen LogP contribution in [0.25, 0.3) is 0 Å². The molecule has 0 aromatic carbocycles. The summed E-state index contributed by atoms with van der Waals surface area (Å²) >= 11 is 0. The molecule has 1 aromatic rings. The topological polar surface area (TPSA) is 34.4 Å². The Morgan fingerprint density at radius 2 is 2.26 bits per heavy atom. The molecular formula is C16H25NO2. The van der Waals surface area contributed by atoms with E-state index in [1.807, 2.05) is 0 Å². The minimum Gasteiger partial charge on any atom is -0.388 e. The molecule has 106 valence electrons. The van der Waals surface area contributed by atoms with Gasteiger partial charge in [0, 0.05) is 36.5 Å². The van der Waals surface area contributed by atoms with Gasteiger partial charge in [-0.2, -0.15) is 0 Å². The zero-order valence-corrected chi connectivity index (χ0v) is 12.2. The summed E-state index contributed by atoms with van der Waals surface area (Å²) in [5.41, 5.74) is 2.68. The summed E-state index contributed by atoms with van der Waals surface area (Å²) in [4.78, 5) is 0. The lowest BCUT2D eigenvalue weighted by Crippen LogP contribution is -2.28. The van der Waals surface area contributed by atoms with Crippen molar-refractivity contribution >= 4 is 0 Å². The number of nitrogens with zero attached hydrogens (tertiary/aromatic N) is 1. The van der Waals surface area contributed by atoms with Gasteiger partial charge in [-0.25, -0.2) is 0 Å². The van der Waals surface area contributed by atoms with Crippen LogP contribution in [0.15, 0.2) is 12.3 Å². The predicted octanol–water partition coefficient (Wildman–Crippen LogP) is 2.92. The minimum atomic E-state index is -0.294. The van der Waals surface area contributed by atoms with Gasteiger partial charge < -0.3 is 14.4 Å². The minimum absolute atomic E-state index is 0.195. The maximum Gasteiger partial charge on any atom is 0.0812 e. The Kier molecular flexibility index (Phi) is 3.22. The summed E-state index contributed by atoms with van der Waals surface area (Å²) in [6.45, 7) is 8.59. The largest absolute Gasteiger partial charge is 0.388 e. The number of aliphatic hydroxyl groups is 1. The Morgan fingerprint density at radius 3 is 2.95 bits per heavy atom. The molecule has 0 amide bonds. The lowest BCUT2D eigenvalue weighted by molar-refractivity contribution is 0.0939. The fraction of sp³-hybridized carbons (Fsp3) is 0.750. The summed E-state index contributed by atoms with van der Waals surface area (Å²) in [6.07, 6.45) is 5.30. The van der Waals surface area contributed by atoms with Crippen LogP contribution in [0.3, 0.4) is 0 Å². The van der Waals surface area contributed by atoms with Crippen molar-refractivity contribution < 1.29 is 9.84 Å². The molecule has 19 heavy (non-hydrogen) atoms. The van der Waals surface area contributed by atoms with E-state index in [1.165, 1.54) is 5.69 Å². The summed E-state index contributed by atoms with van der Waals surface area (Å²) in [7, 11) is 0. The highest BCUT2D eigenvalue weighted by atomic mass is 16.5. The summed E-state index contributed by atoms with van der Waals surface area (Å²) in [6, 6.07) is 2.11. The average molecular weight is 263 g/mol. The van der Waals surface area contributed by atoms with E-state index in [2.05, 4.69) is 37.6 Å². The molecule has 1 saturated heterocycles. The van der Waals surface area contributed by atoms with Crippen LogP contribution < -0.4 is 0 Å². The predicted molar refractivity (Wildman–Crippen MR) is 75.0 cm³/mol. The first-order chi connectivity index (χ1) is 8.96. The standard InChI is InChI=1S/C16H25NO2/c1-11-12(5-7-19-11)10-17-6-4-13-14(17)8-16(2,3)9-15(13)18/h4,6,11-12,15,18H,5,7-10H2,1-3H3. The van der Waals surface area contributed by atoms with Gasteiger partial charge in [0.2, 0.25) is 0 Å². The third-order valence-electron chi connectivity index (χ3n) is 4.83. The first-order valence-corrected chi connectivity index (χ1v) is 7.44. The SMILES string of the molecule is CC1OCCC1Cn1ccc2c1CC(C)(C)CC2O. The van der Waals surface area contributed by atoms with Crippen molar-refractivity contribution in [1.82, 2.24) is 4.57 Å². The zero-order chi connectivity index (χ0) is 13.6. The average Bonchev–Trinajstić information content (AvgIpc) is 2.87. The van der Waals surface area contributed by atoms with Crippen LogP contribution in [-0.2, 0) is 17.7 Å². The van der Waals surface area contributed by atoms with Crippen LogP contribution in [0.2, 0.25) is 0 Å². The maximum absolute atomic E-state index is 10.3. The molecule has 1 N–H and O–H groups in total. The third-order valence-corrected chi connectivity index (χ3v) is 4.83. The molecule has 3 atom stereocenters. The molecule has 1 aliphatic heterocycles. The monoisotopic (exact) mass is 263 g/mol. The Labute approximate surface area is 115 Å². The normalized spacial score (nSPS) is 33.4. The highest BCUT2D eigenvalue weighted by Gasteiger charge is 2.34. The van der Waals surface area contributed by atoms with Gasteiger partial charge in [0.1, 0.15) is 0 Å². The van der Waals surface area contributed by atoms with E-state index in [9.17, 15) is 5.11 Å². The van der Waals surface area contributed by atoms with Crippen molar-refractivity contribution in [3.8, 4) is 0 Å². The molecular weight excluding hydrogens is 238 g/mol. The highest BCUT2D eigenvalue weighted by Crippen LogP contribution is 2.41. The van der Waals surface area contributed by atoms with E-state index >= 15 is 0 Å². The fourth-order valence-corrected chi connectivity index (χ4v) is 3.63. The zero-order valence-electron chi connectivity index (χ0n) is 12.2. The van der Waals surface area contributed by atoms with Crippen molar-refractivity contribution in [3.05, 3.63) is 23.5 Å². The van der Waals surface area contributed by atoms with Gasteiger partial charge in [-0.05, 0) is 37.7 Å². The first kappa shape index (κ1) is 13.2. The number of hydrogen-bond donors (Lipinski definition) is 1. The van der Waals surface area contributed by atoms with Crippen molar-refractivity contribution in [2.75, 3.05) is 6.61 Å². The molecule has 0 radical (unpaired) electrons. The molecule has 3 heteroatoms. The fourth-order valence-electron chi connectivity index (χ4n) is 3.63. The van der Waals surface area contributed by atoms with Crippen molar-refractivity contribution in [2.45, 2.75) is 58.8 Å². The quantitative estimate of drug-likeness (QED) is 0.890. The van der Waals surface area contributed by atoms with Crippen LogP contribution in [-0.4, -0.2) is 22.4 Å². The molecule has 0 saturated carbocycles. The molecule has 2 aliphatic rings. The number of aromatic nitrogens is 1. The van der Waals surface area contributed by atoms with Crippen LogP contribution in [0.5, 0.6) is 0 Å². The van der Waals surface area contributed by atoms with Crippen LogP contribution in [0.1, 0.15) is 51.0 Å². The molecule has 1 fully saturated rings. The summed E-state index contributed by atoms with van der Waals surface area (Å²) < 4.78 is 8.01. The second-order valence-electron chi connectivity index (χ2n) is 7.06. The second kappa shape index (κ2) is 4.64. The van der Waals surface area contributed by atoms with Gasteiger partial charge in [-0.15, -0.1) is 0 Å². The number of rotatable bonds is 2. The lowest BCUT2D eigenvalue weighted by atomic mass is 9.75.